The minimum atomic E-state index is -1.29. The second-order valence-electron chi connectivity index (χ2n) is 3.96. The van der Waals surface area contributed by atoms with Gasteiger partial charge in [0.25, 0.3) is 5.91 Å². The molecule has 0 spiro atoms. The topological polar surface area (TPSA) is 62.2 Å². The summed E-state index contributed by atoms with van der Waals surface area (Å²) in [5.74, 6) is -3.09. The number of hydrogen-bond acceptors (Lipinski definition) is 3. The Morgan fingerprint density at radius 1 is 1.56 bits per heavy atom. The van der Waals surface area contributed by atoms with Gasteiger partial charge in [0.05, 0.1) is 5.56 Å². The number of carbonyl (C=O) groups excluding carboxylic acids is 1. The maximum Gasteiger partial charge on any atom is 0.254 e. The fourth-order valence-electron chi connectivity index (χ4n) is 1.56. The summed E-state index contributed by atoms with van der Waals surface area (Å²) in [5.41, 5.74) is -0.360. The Balaban J connectivity index is 2.62. The van der Waals surface area contributed by atoms with Crippen molar-refractivity contribution < 1.29 is 18.7 Å². The van der Waals surface area contributed by atoms with Crippen LogP contribution in [0, 0.1) is 17.7 Å². The number of pyridine rings is 1. The van der Waals surface area contributed by atoms with Gasteiger partial charge < -0.3 is 10.4 Å². The van der Waals surface area contributed by atoms with Gasteiger partial charge in [-0.05, 0) is 18.4 Å². The molecule has 0 aliphatic carbocycles. The van der Waals surface area contributed by atoms with Crippen LogP contribution in [0.5, 0.6) is 0 Å². The maximum atomic E-state index is 13.3. The molecular weight excluding hydrogens is 242 g/mol. The first-order valence-electron chi connectivity index (χ1n) is 5.79. The minimum Gasteiger partial charge on any atom is -0.396 e. The average molecular weight is 258 g/mol. The molecule has 0 bridgehead atoms. The molecule has 1 amide bonds. The van der Waals surface area contributed by atoms with Gasteiger partial charge in [-0.25, -0.2) is 9.37 Å². The summed E-state index contributed by atoms with van der Waals surface area (Å²) in [6, 6.07) is 1.13. The third kappa shape index (κ3) is 3.73. The summed E-state index contributed by atoms with van der Waals surface area (Å²) in [4.78, 5) is 14.7. The SMILES string of the molecule is CCC(CCO)CNC(=O)c1ccnc(F)c1F. The van der Waals surface area contributed by atoms with Crippen molar-refractivity contribution in [1.29, 1.82) is 0 Å². The number of aliphatic hydroxyl groups excluding tert-OH is 1. The normalized spacial score (nSPS) is 12.2. The van der Waals surface area contributed by atoms with Gasteiger partial charge >= 0.3 is 0 Å². The van der Waals surface area contributed by atoms with E-state index in [9.17, 15) is 13.6 Å². The zero-order valence-electron chi connectivity index (χ0n) is 10.1. The summed E-state index contributed by atoms with van der Waals surface area (Å²) < 4.78 is 26.1. The Hall–Kier alpha value is -1.56. The van der Waals surface area contributed by atoms with Gasteiger partial charge in [-0.1, -0.05) is 13.3 Å². The lowest BCUT2D eigenvalue weighted by Crippen LogP contribution is -2.30. The fraction of sp³-hybridized carbons (Fsp3) is 0.500. The van der Waals surface area contributed by atoms with Gasteiger partial charge in [-0.2, -0.15) is 4.39 Å². The van der Waals surface area contributed by atoms with Gasteiger partial charge in [0.2, 0.25) is 5.95 Å². The molecule has 6 heteroatoms. The van der Waals surface area contributed by atoms with E-state index >= 15 is 0 Å². The van der Waals surface area contributed by atoms with E-state index in [0.29, 0.717) is 13.0 Å². The Morgan fingerprint density at radius 3 is 2.89 bits per heavy atom. The maximum absolute atomic E-state index is 13.3. The molecule has 100 valence electrons. The Labute approximate surface area is 104 Å². The average Bonchev–Trinajstić information content (AvgIpc) is 2.37. The molecule has 0 saturated carbocycles. The van der Waals surface area contributed by atoms with E-state index in [1.54, 1.807) is 0 Å². The lowest BCUT2D eigenvalue weighted by atomic mass is 10.0. The number of halogens is 2. The van der Waals surface area contributed by atoms with E-state index in [2.05, 4.69) is 10.3 Å². The monoisotopic (exact) mass is 258 g/mol. The van der Waals surface area contributed by atoms with E-state index in [0.717, 1.165) is 18.7 Å². The quantitative estimate of drug-likeness (QED) is 0.760. The van der Waals surface area contributed by atoms with Gasteiger partial charge in [-0.3, -0.25) is 4.79 Å². The lowest BCUT2D eigenvalue weighted by Gasteiger charge is -2.14. The zero-order valence-corrected chi connectivity index (χ0v) is 10.1. The van der Waals surface area contributed by atoms with E-state index in [-0.39, 0.29) is 18.1 Å². The first kappa shape index (κ1) is 14.5. The van der Waals surface area contributed by atoms with E-state index in [1.165, 1.54) is 0 Å². The van der Waals surface area contributed by atoms with Crippen LogP contribution >= 0.6 is 0 Å². The molecule has 0 aliphatic heterocycles. The number of hydrogen-bond donors (Lipinski definition) is 2. The van der Waals surface area contributed by atoms with Crippen LogP contribution in [-0.4, -0.2) is 29.1 Å². The number of nitrogens with zero attached hydrogens (tertiary/aromatic N) is 1. The van der Waals surface area contributed by atoms with Crippen LogP contribution in [0.4, 0.5) is 8.78 Å². The lowest BCUT2D eigenvalue weighted by molar-refractivity contribution is 0.0938. The van der Waals surface area contributed by atoms with Crippen LogP contribution in [0.25, 0.3) is 0 Å². The number of amides is 1. The predicted molar refractivity (Wildman–Crippen MR) is 62.0 cm³/mol. The molecule has 1 aromatic heterocycles. The number of aliphatic hydroxyl groups is 1. The van der Waals surface area contributed by atoms with Crippen LogP contribution in [0.1, 0.15) is 30.1 Å². The highest BCUT2D eigenvalue weighted by atomic mass is 19.2. The van der Waals surface area contributed by atoms with Crippen LogP contribution in [0.3, 0.4) is 0 Å². The largest absolute Gasteiger partial charge is 0.396 e. The van der Waals surface area contributed by atoms with Crippen molar-refractivity contribution in [2.75, 3.05) is 13.2 Å². The van der Waals surface area contributed by atoms with Crippen molar-refractivity contribution in [2.45, 2.75) is 19.8 Å². The van der Waals surface area contributed by atoms with Crippen molar-refractivity contribution in [3.63, 3.8) is 0 Å². The summed E-state index contributed by atoms with van der Waals surface area (Å²) in [7, 11) is 0. The van der Waals surface area contributed by atoms with Gasteiger partial charge in [-0.15, -0.1) is 0 Å². The van der Waals surface area contributed by atoms with Crippen molar-refractivity contribution in [3.8, 4) is 0 Å². The molecular formula is C12H16F2N2O2. The second-order valence-corrected chi connectivity index (χ2v) is 3.96. The van der Waals surface area contributed by atoms with Crippen LogP contribution in [0.15, 0.2) is 12.3 Å². The second kappa shape index (κ2) is 7.00. The summed E-state index contributed by atoms with van der Waals surface area (Å²) >= 11 is 0. The molecule has 2 N–H and O–H groups in total. The number of aromatic nitrogens is 1. The van der Waals surface area contributed by atoms with E-state index in [1.807, 2.05) is 6.92 Å². The van der Waals surface area contributed by atoms with Gasteiger partial charge in [0.1, 0.15) is 0 Å². The molecule has 0 fully saturated rings. The first-order valence-corrected chi connectivity index (χ1v) is 5.79. The highest BCUT2D eigenvalue weighted by Crippen LogP contribution is 2.10. The highest BCUT2D eigenvalue weighted by Gasteiger charge is 2.16. The Kier molecular flexibility index (Phi) is 5.64. The predicted octanol–water partition coefficient (Wildman–Crippen LogP) is 1.50. The molecule has 0 radical (unpaired) electrons. The Morgan fingerprint density at radius 2 is 2.28 bits per heavy atom. The molecule has 0 aromatic carbocycles. The van der Waals surface area contributed by atoms with Crippen LogP contribution in [0.2, 0.25) is 0 Å². The molecule has 1 unspecified atom stereocenters. The van der Waals surface area contributed by atoms with Crippen molar-refractivity contribution in [1.82, 2.24) is 10.3 Å². The third-order valence-corrected chi connectivity index (χ3v) is 2.76. The van der Waals surface area contributed by atoms with Gasteiger partial charge in [0.15, 0.2) is 5.82 Å². The van der Waals surface area contributed by atoms with Crippen molar-refractivity contribution in [2.24, 2.45) is 5.92 Å². The number of rotatable bonds is 6. The van der Waals surface area contributed by atoms with Crippen molar-refractivity contribution in [3.05, 3.63) is 29.6 Å². The minimum absolute atomic E-state index is 0.0343. The molecule has 1 heterocycles. The molecule has 1 rings (SSSR count). The van der Waals surface area contributed by atoms with Crippen LogP contribution < -0.4 is 5.32 Å². The molecule has 0 saturated heterocycles. The summed E-state index contributed by atoms with van der Waals surface area (Å²) in [5, 5.41) is 11.3. The summed E-state index contributed by atoms with van der Waals surface area (Å²) in [6.45, 7) is 2.28. The fourth-order valence-corrected chi connectivity index (χ4v) is 1.56. The van der Waals surface area contributed by atoms with Crippen LogP contribution in [-0.2, 0) is 0 Å². The molecule has 1 aromatic rings. The van der Waals surface area contributed by atoms with E-state index in [4.69, 9.17) is 5.11 Å². The number of carbonyl (C=O) groups is 1. The first-order chi connectivity index (χ1) is 8.60. The Bertz CT molecular complexity index is 413. The van der Waals surface area contributed by atoms with Gasteiger partial charge in [0, 0.05) is 19.3 Å². The number of nitrogens with one attached hydrogen (secondary N) is 1. The third-order valence-electron chi connectivity index (χ3n) is 2.76. The molecule has 4 nitrogen and oxygen atoms in total. The zero-order chi connectivity index (χ0) is 13.5. The standard InChI is InChI=1S/C12H16F2N2O2/c1-2-8(4-6-17)7-16-12(18)9-3-5-15-11(14)10(9)13/h3,5,8,17H,2,4,6-7H2,1H3,(H,16,18). The van der Waals surface area contributed by atoms with Crippen molar-refractivity contribution >= 4 is 5.91 Å². The molecule has 18 heavy (non-hydrogen) atoms. The smallest absolute Gasteiger partial charge is 0.254 e. The molecule has 1 atom stereocenters. The summed E-state index contributed by atoms with van der Waals surface area (Å²) in [6.07, 6.45) is 2.39. The molecule has 0 aliphatic rings. The highest BCUT2D eigenvalue weighted by molar-refractivity contribution is 5.94. The van der Waals surface area contributed by atoms with E-state index < -0.39 is 17.7 Å².